The van der Waals surface area contributed by atoms with Crippen molar-refractivity contribution in [2.45, 2.75) is 38.5 Å². The van der Waals surface area contributed by atoms with Gasteiger partial charge in [0.05, 0.1) is 49.2 Å². The number of carbonyl (C=O) groups is 2. The van der Waals surface area contributed by atoms with Gasteiger partial charge in [-0.1, -0.05) is 12.1 Å². The number of hydrogen-bond acceptors (Lipinski definition) is 5. The Morgan fingerprint density at radius 1 is 1.25 bits per heavy atom. The van der Waals surface area contributed by atoms with E-state index in [1.54, 1.807) is 24.3 Å². The Labute approximate surface area is 141 Å². The number of ether oxygens (including phenoxy) is 3. The minimum Gasteiger partial charge on any atom is -0.376 e. The van der Waals surface area contributed by atoms with Gasteiger partial charge in [-0.2, -0.15) is 0 Å². The van der Waals surface area contributed by atoms with Crippen LogP contribution in [0, 0.1) is 0 Å². The van der Waals surface area contributed by atoms with Gasteiger partial charge in [0.15, 0.2) is 0 Å². The molecular formula is C18H23NO5. The van der Waals surface area contributed by atoms with E-state index < -0.39 is 5.60 Å². The normalized spacial score (nSPS) is 21.1. The number of carbonyl (C=O) groups excluding carboxylic acids is 2. The van der Waals surface area contributed by atoms with Gasteiger partial charge in [-0.3, -0.25) is 14.5 Å². The molecular weight excluding hydrogens is 310 g/mol. The molecule has 2 aliphatic heterocycles. The summed E-state index contributed by atoms with van der Waals surface area (Å²) in [5.41, 5.74) is 0.421. The van der Waals surface area contributed by atoms with E-state index in [2.05, 4.69) is 0 Å². The first-order chi connectivity index (χ1) is 11.4. The first kappa shape index (κ1) is 17.1. The third kappa shape index (κ3) is 3.66. The van der Waals surface area contributed by atoms with Gasteiger partial charge in [-0.25, -0.2) is 0 Å². The molecule has 1 aromatic rings. The molecule has 130 valence electrons. The third-order valence-corrected chi connectivity index (χ3v) is 4.14. The Morgan fingerprint density at radius 3 is 2.38 bits per heavy atom. The lowest BCUT2D eigenvalue weighted by molar-refractivity contribution is -0.0864. The summed E-state index contributed by atoms with van der Waals surface area (Å²) in [6.45, 7) is 7.70. The number of nitrogens with zero attached hydrogens (tertiary/aromatic N) is 1. The standard InChI is InChI=1S/C18H23NO5/c1-12(8-24-18(2,3)11-22-9-13-10-23-13)19-16(20)14-6-4-5-7-15(14)17(19)21/h4-7,12-13H,8-11H2,1-3H3. The first-order valence-electron chi connectivity index (χ1n) is 8.19. The van der Waals surface area contributed by atoms with Crippen molar-refractivity contribution in [3.05, 3.63) is 35.4 Å². The zero-order valence-corrected chi connectivity index (χ0v) is 14.3. The van der Waals surface area contributed by atoms with Crippen LogP contribution < -0.4 is 0 Å². The molecule has 24 heavy (non-hydrogen) atoms. The van der Waals surface area contributed by atoms with E-state index in [9.17, 15) is 9.59 Å². The van der Waals surface area contributed by atoms with Gasteiger partial charge in [0.25, 0.3) is 11.8 Å². The van der Waals surface area contributed by atoms with E-state index in [4.69, 9.17) is 14.2 Å². The number of fused-ring (bicyclic) bond motifs is 1. The molecule has 1 fully saturated rings. The highest BCUT2D eigenvalue weighted by Gasteiger charge is 2.38. The average molecular weight is 333 g/mol. The summed E-state index contributed by atoms with van der Waals surface area (Å²) >= 11 is 0. The minimum absolute atomic E-state index is 0.220. The van der Waals surface area contributed by atoms with Crippen LogP contribution in [-0.4, -0.2) is 60.9 Å². The lowest BCUT2D eigenvalue weighted by atomic mass is 10.1. The molecule has 0 spiro atoms. The van der Waals surface area contributed by atoms with E-state index in [0.717, 1.165) is 6.61 Å². The molecule has 0 N–H and O–H groups in total. The van der Waals surface area contributed by atoms with Crippen molar-refractivity contribution in [1.29, 1.82) is 0 Å². The summed E-state index contributed by atoms with van der Waals surface area (Å²) in [4.78, 5) is 26.2. The second kappa shape index (κ2) is 6.63. The lowest BCUT2D eigenvalue weighted by Crippen LogP contribution is -2.43. The number of benzene rings is 1. The number of hydrogen-bond donors (Lipinski definition) is 0. The molecule has 2 heterocycles. The van der Waals surface area contributed by atoms with Crippen molar-refractivity contribution in [3.8, 4) is 0 Å². The van der Waals surface area contributed by atoms with E-state index in [1.807, 2.05) is 20.8 Å². The molecule has 6 heteroatoms. The van der Waals surface area contributed by atoms with Gasteiger partial charge >= 0.3 is 0 Å². The number of imide groups is 1. The van der Waals surface area contributed by atoms with Gasteiger partial charge < -0.3 is 14.2 Å². The van der Waals surface area contributed by atoms with E-state index in [1.165, 1.54) is 4.90 Å². The molecule has 0 radical (unpaired) electrons. The summed E-state index contributed by atoms with van der Waals surface area (Å²) in [5, 5.41) is 0. The van der Waals surface area contributed by atoms with Crippen LogP contribution in [0.1, 0.15) is 41.5 Å². The van der Waals surface area contributed by atoms with Crippen molar-refractivity contribution < 1.29 is 23.8 Å². The SMILES string of the molecule is CC(COC(C)(C)COCC1CO1)N1C(=O)c2ccccc2C1=O. The van der Waals surface area contributed by atoms with E-state index in [0.29, 0.717) is 24.3 Å². The number of epoxide rings is 1. The molecule has 0 bridgehead atoms. The lowest BCUT2D eigenvalue weighted by Gasteiger charge is -2.29. The predicted molar refractivity (Wildman–Crippen MR) is 87.0 cm³/mol. The molecule has 2 amide bonds. The van der Waals surface area contributed by atoms with Gasteiger partial charge in [-0.05, 0) is 32.9 Å². The van der Waals surface area contributed by atoms with Crippen LogP contribution >= 0.6 is 0 Å². The second-order valence-electron chi connectivity index (χ2n) is 6.92. The minimum atomic E-state index is -0.498. The Bertz CT molecular complexity index is 603. The maximum Gasteiger partial charge on any atom is 0.261 e. The Kier molecular flexibility index (Phi) is 4.71. The van der Waals surface area contributed by atoms with Gasteiger partial charge in [0, 0.05) is 0 Å². The summed E-state index contributed by atoms with van der Waals surface area (Å²) in [7, 11) is 0. The fraction of sp³-hybridized carbons (Fsp3) is 0.556. The van der Waals surface area contributed by atoms with Gasteiger partial charge in [0.1, 0.15) is 6.10 Å². The van der Waals surface area contributed by atoms with Crippen LogP contribution in [0.2, 0.25) is 0 Å². The van der Waals surface area contributed by atoms with Crippen molar-refractivity contribution in [2.75, 3.05) is 26.4 Å². The molecule has 2 aliphatic rings. The maximum absolute atomic E-state index is 12.4. The molecule has 2 atom stereocenters. The molecule has 1 saturated heterocycles. The zero-order valence-electron chi connectivity index (χ0n) is 14.3. The summed E-state index contributed by atoms with van der Waals surface area (Å²) in [6, 6.07) is 6.54. The molecule has 0 aliphatic carbocycles. The van der Waals surface area contributed by atoms with Crippen molar-refractivity contribution in [1.82, 2.24) is 4.90 Å². The fourth-order valence-corrected chi connectivity index (χ4v) is 2.67. The summed E-state index contributed by atoms with van der Waals surface area (Å²) in [6.07, 6.45) is 0.220. The van der Waals surface area contributed by atoms with Crippen LogP contribution in [0.4, 0.5) is 0 Å². The molecule has 3 rings (SSSR count). The van der Waals surface area contributed by atoms with Crippen molar-refractivity contribution in [2.24, 2.45) is 0 Å². The average Bonchev–Trinajstić information content (AvgIpc) is 3.33. The zero-order chi connectivity index (χ0) is 17.3. The van der Waals surface area contributed by atoms with Gasteiger partial charge in [-0.15, -0.1) is 0 Å². The maximum atomic E-state index is 12.4. The monoisotopic (exact) mass is 333 g/mol. The highest BCUT2D eigenvalue weighted by Crippen LogP contribution is 2.25. The molecule has 6 nitrogen and oxygen atoms in total. The number of amides is 2. The summed E-state index contributed by atoms with van der Waals surface area (Å²) < 4.78 is 16.6. The number of rotatable bonds is 8. The largest absolute Gasteiger partial charge is 0.376 e. The molecule has 0 aromatic heterocycles. The highest BCUT2D eigenvalue weighted by molar-refractivity contribution is 6.21. The van der Waals surface area contributed by atoms with Crippen molar-refractivity contribution in [3.63, 3.8) is 0 Å². The quantitative estimate of drug-likeness (QED) is 0.537. The van der Waals surface area contributed by atoms with Gasteiger partial charge in [0.2, 0.25) is 0 Å². The molecule has 2 unspecified atom stereocenters. The third-order valence-electron chi connectivity index (χ3n) is 4.14. The van der Waals surface area contributed by atoms with Crippen LogP contribution in [0.15, 0.2) is 24.3 Å². The van der Waals surface area contributed by atoms with Crippen LogP contribution in [0.5, 0.6) is 0 Å². The molecule has 0 saturated carbocycles. The predicted octanol–water partition coefficient (Wildman–Crippen LogP) is 1.88. The van der Waals surface area contributed by atoms with E-state index in [-0.39, 0.29) is 30.6 Å². The van der Waals surface area contributed by atoms with Crippen LogP contribution in [0.3, 0.4) is 0 Å². The first-order valence-corrected chi connectivity index (χ1v) is 8.19. The Balaban J connectivity index is 1.54. The second-order valence-corrected chi connectivity index (χ2v) is 6.92. The Hall–Kier alpha value is -1.76. The fourth-order valence-electron chi connectivity index (χ4n) is 2.67. The Morgan fingerprint density at radius 2 is 1.83 bits per heavy atom. The highest BCUT2D eigenvalue weighted by atomic mass is 16.6. The van der Waals surface area contributed by atoms with E-state index >= 15 is 0 Å². The molecule has 1 aromatic carbocycles. The van der Waals surface area contributed by atoms with Crippen LogP contribution in [0.25, 0.3) is 0 Å². The smallest absolute Gasteiger partial charge is 0.261 e. The topological polar surface area (TPSA) is 68.4 Å². The summed E-state index contributed by atoms with van der Waals surface area (Å²) in [5.74, 6) is -0.515. The van der Waals surface area contributed by atoms with Crippen LogP contribution in [-0.2, 0) is 14.2 Å². The van der Waals surface area contributed by atoms with Crippen molar-refractivity contribution >= 4 is 11.8 Å².